The largest absolute Gasteiger partial charge is 0.494 e. The minimum absolute atomic E-state index is 0.0455. The topological polar surface area (TPSA) is 68.5 Å². The Kier molecular flexibility index (Phi) is 3.66. The number of hydrogen-bond donors (Lipinski definition) is 1. The van der Waals surface area contributed by atoms with Crippen LogP contribution in [0.3, 0.4) is 0 Å². The van der Waals surface area contributed by atoms with Gasteiger partial charge in [-0.15, -0.1) is 0 Å². The van der Waals surface area contributed by atoms with Gasteiger partial charge in [-0.1, -0.05) is 20.8 Å². The van der Waals surface area contributed by atoms with Crippen LogP contribution in [0.1, 0.15) is 55.6 Å². The van der Waals surface area contributed by atoms with Gasteiger partial charge in [0.25, 0.3) is 0 Å². The Morgan fingerprint density at radius 1 is 1.38 bits per heavy atom. The lowest BCUT2D eigenvalue weighted by Gasteiger charge is -2.25. The van der Waals surface area contributed by atoms with Gasteiger partial charge >= 0.3 is 5.97 Å². The van der Waals surface area contributed by atoms with E-state index in [0.29, 0.717) is 16.8 Å². The fourth-order valence-electron chi connectivity index (χ4n) is 3.14. The molecule has 1 heterocycles. The smallest absolute Gasteiger partial charge is 0.341 e. The monoisotopic (exact) mass is 333 g/mol. The highest BCUT2D eigenvalue weighted by Crippen LogP contribution is 2.43. The number of halogens is 1. The number of carboxylic acids is 1. The molecule has 0 unspecified atom stereocenters. The fraction of sp³-hybridized carbons (Fsp3) is 0.444. The second-order valence-corrected chi connectivity index (χ2v) is 7.23. The summed E-state index contributed by atoms with van der Waals surface area (Å²) in [6, 6.07) is 1.25. The molecule has 1 N–H and O–H groups in total. The van der Waals surface area contributed by atoms with Crippen LogP contribution in [0.2, 0.25) is 0 Å². The van der Waals surface area contributed by atoms with Crippen LogP contribution in [-0.4, -0.2) is 22.8 Å². The summed E-state index contributed by atoms with van der Waals surface area (Å²) < 4.78 is 22.0. The molecule has 1 fully saturated rings. The predicted molar refractivity (Wildman–Crippen MR) is 88.6 cm³/mol. The molecule has 0 aliphatic heterocycles. The summed E-state index contributed by atoms with van der Waals surface area (Å²) in [4.78, 5) is 23.9. The van der Waals surface area contributed by atoms with Crippen molar-refractivity contribution in [1.82, 2.24) is 4.57 Å². The van der Waals surface area contributed by atoms with Crippen LogP contribution >= 0.6 is 0 Å². The molecule has 1 aliphatic carbocycles. The lowest BCUT2D eigenvalue weighted by atomic mass is 9.84. The van der Waals surface area contributed by atoms with Crippen LogP contribution in [0.5, 0.6) is 5.75 Å². The standard InChI is InChI=1S/C18H20FNO4/c1-18(2,3)13-12(19)7-10-14(16(13)24-4)20(9-5-6-9)8-11(15(10)21)17(22)23/h7-9H,5-6H2,1-4H3,(H,22,23). The Balaban J connectivity index is 2.54. The Bertz CT molecular complexity index is 904. The Morgan fingerprint density at radius 3 is 2.46 bits per heavy atom. The molecule has 6 heteroatoms. The van der Waals surface area contributed by atoms with Gasteiger partial charge in [0, 0.05) is 17.8 Å². The molecule has 2 aromatic rings. The van der Waals surface area contributed by atoms with E-state index in [1.807, 2.05) is 20.8 Å². The van der Waals surface area contributed by atoms with Gasteiger partial charge in [0.05, 0.1) is 18.0 Å². The summed E-state index contributed by atoms with van der Waals surface area (Å²) in [6.07, 6.45) is 3.14. The summed E-state index contributed by atoms with van der Waals surface area (Å²) in [5.74, 6) is -1.57. The minimum atomic E-state index is -1.31. The number of benzene rings is 1. The number of ether oxygens (including phenoxy) is 1. The lowest BCUT2D eigenvalue weighted by molar-refractivity contribution is 0.0695. The van der Waals surface area contributed by atoms with Crippen molar-refractivity contribution in [3.8, 4) is 5.75 Å². The van der Waals surface area contributed by atoms with Crippen LogP contribution < -0.4 is 10.2 Å². The normalized spacial score (nSPS) is 14.9. The molecule has 0 spiro atoms. The summed E-state index contributed by atoms with van der Waals surface area (Å²) in [5, 5.41) is 9.34. The van der Waals surface area contributed by atoms with Crippen molar-refractivity contribution in [2.75, 3.05) is 7.11 Å². The second-order valence-electron chi connectivity index (χ2n) is 7.23. The van der Waals surface area contributed by atoms with Crippen LogP contribution in [0.25, 0.3) is 10.9 Å². The summed E-state index contributed by atoms with van der Waals surface area (Å²) >= 11 is 0. The number of fused-ring (bicyclic) bond motifs is 1. The van der Waals surface area contributed by atoms with Gasteiger partial charge in [-0.05, 0) is 24.3 Å². The van der Waals surface area contributed by atoms with Crippen molar-refractivity contribution < 1.29 is 19.0 Å². The number of hydrogen-bond acceptors (Lipinski definition) is 3. The van der Waals surface area contributed by atoms with E-state index in [4.69, 9.17) is 4.74 Å². The molecule has 1 saturated carbocycles. The molecule has 1 aliphatic rings. The first-order chi connectivity index (χ1) is 11.2. The highest BCUT2D eigenvalue weighted by atomic mass is 19.1. The summed E-state index contributed by atoms with van der Waals surface area (Å²) in [7, 11) is 1.44. The Morgan fingerprint density at radius 2 is 2.00 bits per heavy atom. The van der Waals surface area contributed by atoms with E-state index in [9.17, 15) is 19.1 Å². The lowest BCUT2D eigenvalue weighted by Crippen LogP contribution is -2.22. The van der Waals surface area contributed by atoms with Crippen LogP contribution in [0.4, 0.5) is 4.39 Å². The van der Waals surface area contributed by atoms with Crippen molar-refractivity contribution in [2.24, 2.45) is 0 Å². The molecule has 0 bridgehead atoms. The quantitative estimate of drug-likeness (QED) is 0.934. The van der Waals surface area contributed by atoms with Crippen molar-refractivity contribution in [3.63, 3.8) is 0 Å². The average molecular weight is 333 g/mol. The van der Waals surface area contributed by atoms with Gasteiger partial charge in [0.1, 0.15) is 17.1 Å². The second kappa shape index (κ2) is 5.33. The van der Waals surface area contributed by atoms with Gasteiger partial charge in [-0.25, -0.2) is 9.18 Å². The Labute approximate surface area is 138 Å². The zero-order valence-corrected chi connectivity index (χ0v) is 14.1. The van der Waals surface area contributed by atoms with Crippen molar-refractivity contribution in [1.29, 1.82) is 0 Å². The molecule has 3 rings (SSSR count). The molecule has 1 aromatic carbocycles. The van der Waals surface area contributed by atoms with E-state index < -0.39 is 22.6 Å². The third-order valence-electron chi connectivity index (χ3n) is 4.35. The van der Waals surface area contributed by atoms with Crippen LogP contribution in [0, 0.1) is 5.82 Å². The number of carboxylic acid groups (broad SMARTS) is 1. The summed E-state index contributed by atoms with van der Waals surface area (Å²) in [5.41, 5.74) is -0.707. The number of pyridine rings is 1. The minimum Gasteiger partial charge on any atom is -0.494 e. The number of nitrogens with zero attached hydrogens (tertiary/aromatic N) is 1. The maximum Gasteiger partial charge on any atom is 0.341 e. The summed E-state index contributed by atoms with van der Waals surface area (Å²) in [6.45, 7) is 5.60. The molecule has 0 amide bonds. The van der Waals surface area contributed by atoms with Gasteiger partial charge < -0.3 is 14.4 Å². The first-order valence-electron chi connectivity index (χ1n) is 7.86. The van der Waals surface area contributed by atoms with Gasteiger partial charge in [0.15, 0.2) is 0 Å². The zero-order chi connectivity index (χ0) is 17.8. The molecule has 24 heavy (non-hydrogen) atoms. The molecule has 0 saturated heterocycles. The molecule has 0 atom stereocenters. The molecule has 128 valence electrons. The van der Waals surface area contributed by atoms with Crippen LogP contribution in [-0.2, 0) is 5.41 Å². The molecular formula is C18H20FNO4. The number of methoxy groups -OCH3 is 1. The molecule has 1 aromatic heterocycles. The van der Waals surface area contributed by atoms with Crippen molar-refractivity contribution >= 4 is 16.9 Å². The van der Waals surface area contributed by atoms with E-state index in [-0.39, 0.29) is 17.0 Å². The number of rotatable bonds is 3. The van der Waals surface area contributed by atoms with E-state index in [1.54, 1.807) is 4.57 Å². The molecular weight excluding hydrogens is 313 g/mol. The number of carbonyl (C=O) groups is 1. The van der Waals surface area contributed by atoms with Gasteiger partial charge in [0.2, 0.25) is 5.43 Å². The van der Waals surface area contributed by atoms with Gasteiger partial charge in [-0.3, -0.25) is 4.79 Å². The van der Waals surface area contributed by atoms with E-state index in [2.05, 4.69) is 0 Å². The maximum atomic E-state index is 14.7. The zero-order valence-electron chi connectivity index (χ0n) is 14.1. The van der Waals surface area contributed by atoms with E-state index >= 15 is 0 Å². The molecule has 5 nitrogen and oxygen atoms in total. The maximum absolute atomic E-state index is 14.7. The van der Waals surface area contributed by atoms with Crippen molar-refractivity contribution in [2.45, 2.75) is 45.1 Å². The van der Waals surface area contributed by atoms with Crippen LogP contribution in [0.15, 0.2) is 17.1 Å². The fourth-order valence-corrected chi connectivity index (χ4v) is 3.14. The molecule has 0 radical (unpaired) electrons. The number of aromatic carboxylic acids is 1. The van der Waals surface area contributed by atoms with Gasteiger partial charge in [-0.2, -0.15) is 0 Å². The van der Waals surface area contributed by atoms with Crippen molar-refractivity contribution in [3.05, 3.63) is 39.4 Å². The van der Waals surface area contributed by atoms with E-state index in [0.717, 1.165) is 18.9 Å². The first-order valence-corrected chi connectivity index (χ1v) is 7.86. The predicted octanol–water partition coefficient (Wildman–Crippen LogP) is 3.48. The average Bonchev–Trinajstić information content (AvgIpc) is 3.29. The Hall–Kier alpha value is -2.37. The number of aromatic nitrogens is 1. The highest BCUT2D eigenvalue weighted by molar-refractivity contribution is 5.95. The van der Waals surface area contributed by atoms with E-state index in [1.165, 1.54) is 13.3 Å². The third-order valence-corrected chi connectivity index (χ3v) is 4.35. The third kappa shape index (κ3) is 2.46. The highest BCUT2D eigenvalue weighted by Gasteiger charge is 2.32. The SMILES string of the molecule is COc1c(C(C)(C)C)c(F)cc2c(=O)c(C(=O)O)cn(C3CC3)c12. The first kappa shape index (κ1) is 16.5.